The van der Waals surface area contributed by atoms with Crippen LogP contribution < -0.4 is 10.6 Å². The summed E-state index contributed by atoms with van der Waals surface area (Å²) in [6, 6.07) is 9.98. The van der Waals surface area contributed by atoms with Crippen LogP contribution in [0.15, 0.2) is 41.8 Å². The van der Waals surface area contributed by atoms with Crippen LogP contribution in [0.3, 0.4) is 0 Å². The Balaban J connectivity index is 1.52. The van der Waals surface area contributed by atoms with Crippen LogP contribution in [-0.4, -0.2) is 42.9 Å². The molecule has 0 spiro atoms. The third kappa shape index (κ3) is 5.39. The molecule has 1 aliphatic rings. The standard InChI is InChI=1S/C21H26FN3O2S/c1-15-8-10-25(11-9-15)18(19-7-4-12-28-19)13-23-20(26)14-24-21(27)16-5-2-3-6-17(16)22/h2-7,12,15,18H,8-11,13-14H2,1H3,(H,23,26)(H,24,27). The summed E-state index contributed by atoms with van der Waals surface area (Å²) in [6.07, 6.45) is 2.32. The largest absolute Gasteiger partial charge is 0.353 e. The van der Waals surface area contributed by atoms with Crippen LogP contribution in [0.2, 0.25) is 0 Å². The Bertz CT molecular complexity index is 789. The molecule has 0 saturated carbocycles. The molecule has 1 aliphatic heterocycles. The van der Waals surface area contributed by atoms with E-state index in [2.05, 4.69) is 28.5 Å². The van der Waals surface area contributed by atoms with Gasteiger partial charge in [-0.1, -0.05) is 25.1 Å². The average Bonchev–Trinajstić information content (AvgIpc) is 3.22. The summed E-state index contributed by atoms with van der Waals surface area (Å²) in [5, 5.41) is 7.45. The van der Waals surface area contributed by atoms with E-state index in [-0.39, 0.29) is 24.1 Å². The van der Waals surface area contributed by atoms with Crippen LogP contribution in [0, 0.1) is 11.7 Å². The van der Waals surface area contributed by atoms with Gasteiger partial charge in [0.05, 0.1) is 18.2 Å². The number of nitrogens with one attached hydrogen (secondary N) is 2. The Morgan fingerprint density at radius 3 is 2.61 bits per heavy atom. The highest BCUT2D eigenvalue weighted by Gasteiger charge is 2.25. The number of thiophene rings is 1. The average molecular weight is 404 g/mol. The second-order valence-corrected chi connectivity index (χ2v) is 8.20. The van der Waals surface area contributed by atoms with Crippen LogP contribution in [0.5, 0.6) is 0 Å². The molecule has 2 N–H and O–H groups in total. The summed E-state index contributed by atoms with van der Waals surface area (Å²) < 4.78 is 13.6. The summed E-state index contributed by atoms with van der Waals surface area (Å²) in [5.41, 5.74) is -0.0609. The van der Waals surface area contributed by atoms with Crippen LogP contribution in [0.25, 0.3) is 0 Å². The van der Waals surface area contributed by atoms with E-state index in [1.165, 1.54) is 23.1 Å². The molecule has 1 unspecified atom stereocenters. The first kappa shape index (κ1) is 20.5. The maximum Gasteiger partial charge on any atom is 0.254 e. The van der Waals surface area contributed by atoms with E-state index in [0.717, 1.165) is 31.8 Å². The number of carbonyl (C=O) groups is 2. The number of benzene rings is 1. The number of nitrogens with zero attached hydrogens (tertiary/aromatic N) is 1. The predicted molar refractivity (Wildman–Crippen MR) is 109 cm³/mol. The number of carbonyl (C=O) groups excluding carboxylic acids is 2. The number of likely N-dealkylation sites (tertiary alicyclic amines) is 1. The van der Waals surface area contributed by atoms with Gasteiger partial charge >= 0.3 is 0 Å². The first-order valence-electron chi connectivity index (χ1n) is 9.61. The van der Waals surface area contributed by atoms with Crippen molar-refractivity contribution in [2.24, 2.45) is 5.92 Å². The van der Waals surface area contributed by atoms with Crippen LogP contribution in [0.1, 0.15) is 41.0 Å². The van der Waals surface area contributed by atoms with Crippen LogP contribution >= 0.6 is 11.3 Å². The lowest BCUT2D eigenvalue weighted by Crippen LogP contribution is -2.44. The van der Waals surface area contributed by atoms with E-state index in [9.17, 15) is 14.0 Å². The molecule has 0 radical (unpaired) electrons. The molecule has 1 aromatic heterocycles. The Kier molecular flexibility index (Phi) is 7.17. The summed E-state index contributed by atoms with van der Waals surface area (Å²) in [4.78, 5) is 27.9. The Morgan fingerprint density at radius 2 is 1.93 bits per heavy atom. The van der Waals surface area contributed by atoms with Crippen LogP contribution in [0.4, 0.5) is 4.39 Å². The van der Waals surface area contributed by atoms with Gasteiger partial charge in [-0.3, -0.25) is 14.5 Å². The van der Waals surface area contributed by atoms with E-state index >= 15 is 0 Å². The van der Waals surface area contributed by atoms with E-state index < -0.39 is 11.7 Å². The predicted octanol–water partition coefficient (Wildman–Crippen LogP) is 3.21. The van der Waals surface area contributed by atoms with Crippen molar-refractivity contribution in [3.05, 3.63) is 58.0 Å². The number of hydrogen-bond acceptors (Lipinski definition) is 4. The van der Waals surface area contributed by atoms with E-state index in [4.69, 9.17) is 0 Å². The molecule has 1 saturated heterocycles. The van der Waals surface area contributed by atoms with Crippen molar-refractivity contribution in [2.45, 2.75) is 25.8 Å². The third-order valence-corrected chi connectivity index (χ3v) is 6.12. The fourth-order valence-corrected chi connectivity index (χ4v) is 4.27. The van der Waals surface area contributed by atoms with Gasteiger partial charge in [0.2, 0.25) is 5.91 Å². The highest BCUT2D eigenvalue weighted by Crippen LogP contribution is 2.29. The van der Waals surface area contributed by atoms with Crippen molar-refractivity contribution < 1.29 is 14.0 Å². The molecule has 2 amide bonds. The zero-order chi connectivity index (χ0) is 19.9. The molecule has 2 aromatic rings. The highest BCUT2D eigenvalue weighted by atomic mass is 32.1. The van der Waals surface area contributed by atoms with Crippen molar-refractivity contribution >= 4 is 23.2 Å². The first-order valence-corrected chi connectivity index (χ1v) is 10.5. The number of piperidine rings is 1. The number of amides is 2. The molecule has 28 heavy (non-hydrogen) atoms. The van der Waals surface area contributed by atoms with Crippen molar-refractivity contribution in [3.8, 4) is 0 Å². The molecule has 3 rings (SSSR count). The lowest BCUT2D eigenvalue weighted by atomic mass is 9.97. The summed E-state index contributed by atoms with van der Waals surface area (Å²) >= 11 is 1.69. The lowest BCUT2D eigenvalue weighted by Gasteiger charge is -2.36. The number of rotatable bonds is 7. The lowest BCUT2D eigenvalue weighted by molar-refractivity contribution is -0.120. The zero-order valence-electron chi connectivity index (χ0n) is 16.0. The van der Waals surface area contributed by atoms with Crippen molar-refractivity contribution in [3.63, 3.8) is 0 Å². The van der Waals surface area contributed by atoms with Gasteiger partial charge in [0, 0.05) is 11.4 Å². The molecule has 150 valence electrons. The number of halogens is 1. The second-order valence-electron chi connectivity index (χ2n) is 7.22. The SMILES string of the molecule is CC1CCN(C(CNC(=O)CNC(=O)c2ccccc2F)c2cccs2)CC1. The van der Waals surface area contributed by atoms with Gasteiger partial charge < -0.3 is 10.6 Å². The summed E-state index contributed by atoms with van der Waals surface area (Å²) in [5.74, 6) is -0.731. The minimum atomic E-state index is -0.600. The normalized spacial score (nSPS) is 16.5. The Hall–Kier alpha value is -2.25. The van der Waals surface area contributed by atoms with E-state index in [1.54, 1.807) is 17.4 Å². The summed E-state index contributed by atoms with van der Waals surface area (Å²) in [6.45, 7) is 4.62. The molecule has 7 heteroatoms. The van der Waals surface area contributed by atoms with Crippen molar-refractivity contribution in [1.29, 1.82) is 0 Å². The fourth-order valence-electron chi connectivity index (χ4n) is 3.40. The van der Waals surface area contributed by atoms with Gasteiger partial charge in [0.15, 0.2) is 0 Å². The molecule has 0 bridgehead atoms. The van der Waals surface area contributed by atoms with Gasteiger partial charge in [0.25, 0.3) is 5.91 Å². The molecule has 5 nitrogen and oxygen atoms in total. The molecule has 0 aliphatic carbocycles. The summed E-state index contributed by atoms with van der Waals surface area (Å²) in [7, 11) is 0. The first-order chi connectivity index (χ1) is 13.5. The number of hydrogen-bond donors (Lipinski definition) is 2. The second kappa shape index (κ2) is 9.80. The molecular weight excluding hydrogens is 377 g/mol. The molecule has 1 fully saturated rings. The Labute approximate surface area is 168 Å². The topological polar surface area (TPSA) is 61.4 Å². The molecule has 1 atom stereocenters. The monoisotopic (exact) mass is 403 g/mol. The molecule has 1 aromatic carbocycles. The smallest absolute Gasteiger partial charge is 0.254 e. The van der Waals surface area contributed by atoms with Gasteiger partial charge in [-0.15, -0.1) is 11.3 Å². The van der Waals surface area contributed by atoms with E-state index in [0.29, 0.717) is 6.54 Å². The molecular formula is C21H26FN3O2S. The minimum Gasteiger partial charge on any atom is -0.353 e. The Morgan fingerprint density at radius 1 is 1.18 bits per heavy atom. The maximum atomic E-state index is 13.6. The van der Waals surface area contributed by atoms with E-state index in [1.807, 2.05) is 11.4 Å². The van der Waals surface area contributed by atoms with Crippen molar-refractivity contribution in [2.75, 3.05) is 26.2 Å². The van der Waals surface area contributed by atoms with Gasteiger partial charge in [-0.2, -0.15) is 0 Å². The minimum absolute atomic E-state index is 0.0609. The highest BCUT2D eigenvalue weighted by molar-refractivity contribution is 7.10. The zero-order valence-corrected chi connectivity index (χ0v) is 16.8. The van der Waals surface area contributed by atoms with Gasteiger partial charge in [-0.05, 0) is 55.4 Å². The van der Waals surface area contributed by atoms with Crippen molar-refractivity contribution in [1.82, 2.24) is 15.5 Å². The van der Waals surface area contributed by atoms with Crippen LogP contribution in [-0.2, 0) is 4.79 Å². The third-order valence-electron chi connectivity index (χ3n) is 5.15. The van der Waals surface area contributed by atoms with Gasteiger partial charge in [0.1, 0.15) is 5.82 Å². The maximum absolute atomic E-state index is 13.6. The molecule has 2 heterocycles. The van der Waals surface area contributed by atoms with Gasteiger partial charge in [-0.25, -0.2) is 4.39 Å². The quantitative estimate of drug-likeness (QED) is 0.746. The fraction of sp³-hybridized carbons (Fsp3) is 0.429.